The number of rotatable bonds is 5. The molecule has 0 aliphatic rings. The summed E-state index contributed by atoms with van der Waals surface area (Å²) < 4.78 is 0. The normalized spacial score (nSPS) is 11.8. The largest absolute Gasteiger partial charge is 0.357 e. The Labute approximate surface area is 174 Å². The number of nitrogens with zero attached hydrogens (tertiary/aromatic N) is 4. The average Bonchev–Trinajstić information content (AvgIpc) is 2.76. The molecular formula is C23H20ClN5. The Hall–Kier alpha value is -3.31. The van der Waals surface area contributed by atoms with Crippen LogP contribution >= 0.6 is 11.6 Å². The van der Waals surface area contributed by atoms with Crippen molar-refractivity contribution in [3.63, 3.8) is 0 Å². The summed E-state index contributed by atoms with van der Waals surface area (Å²) in [4.78, 5) is 18.2. The molecular weight excluding hydrogens is 382 g/mol. The van der Waals surface area contributed by atoms with Gasteiger partial charge in [-0.15, -0.1) is 0 Å². The van der Waals surface area contributed by atoms with E-state index in [1.54, 1.807) is 18.6 Å². The predicted octanol–water partition coefficient (Wildman–Crippen LogP) is 5.41. The third-order valence-electron chi connectivity index (χ3n) is 4.76. The third-order valence-corrected chi connectivity index (χ3v) is 4.99. The van der Waals surface area contributed by atoms with Crippen LogP contribution in [0.25, 0.3) is 11.4 Å². The molecule has 4 aromatic rings. The van der Waals surface area contributed by atoms with Crippen LogP contribution in [0.5, 0.6) is 0 Å². The Bertz CT molecular complexity index is 1120. The molecule has 0 bridgehead atoms. The molecule has 0 aliphatic carbocycles. The topological polar surface area (TPSA) is 63.6 Å². The number of aromatic nitrogens is 4. The maximum atomic E-state index is 6.26. The Kier molecular flexibility index (Phi) is 5.49. The van der Waals surface area contributed by atoms with Gasteiger partial charge in [0, 0.05) is 40.4 Å². The van der Waals surface area contributed by atoms with Crippen molar-refractivity contribution in [1.29, 1.82) is 0 Å². The van der Waals surface area contributed by atoms with E-state index < -0.39 is 0 Å². The lowest BCUT2D eigenvalue weighted by Crippen LogP contribution is -2.16. The Morgan fingerprint density at radius 1 is 0.931 bits per heavy atom. The van der Waals surface area contributed by atoms with Gasteiger partial charge >= 0.3 is 0 Å². The zero-order valence-electron chi connectivity index (χ0n) is 16.2. The van der Waals surface area contributed by atoms with E-state index in [1.165, 1.54) is 0 Å². The number of hydrogen-bond acceptors (Lipinski definition) is 5. The SMILES string of the molecule is Cc1nc(-c2cccnc2)nc(NC(c2cccc(Cl)c2)c2ccccn2)c1C. The lowest BCUT2D eigenvalue weighted by molar-refractivity contribution is 0.870. The van der Waals surface area contributed by atoms with Gasteiger partial charge in [0.25, 0.3) is 0 Å². The Morgan fingerprint density at radius 2 is 1.83 bits per heavy atom. The second kappa shape index (κ2) is 8.37. The minimum Gasteiger partial charge on any atom is -0.357 e. The molecule has 5 nitrogen and oxygen atoms in total. The number of anilines is 1. The summed E-state index contributed by atoms with van der Waals surface area (Å²) in [5, 5.41) is 4.24. The first-order chi connectivity index (χ1) is 14.1. The summed E-state index contributed by atoms with van der Waals surface area (Å²) in [6, 6.07) is 17.3. The van der Waals surface area contributed by atoms with E-state index in [9.17, 15) is 0 Å². The van der Waals surface area contributed by atoms with Gasteiger partial charge < -0.3 is 5.32 Å². The molecule has 6 heteroatoms. The van der Waals surface area contributed by atoms with E-state index in [2.05, 4.69) is 20.3 Å². The highest BCUT2D eigenvalue weighted by Gasteiger charge is 2.19. The fourth-order valence-electron chi connectivity index (χ4n) is 3.09. The summed E-state index contributed by atoms with van der Waals surface area (Å²) in [6.07, 6.45) is 5.29. The summed E-state index contributed by atoms with van der Waals surface area (Å²) >= 11 is 6.26. The van der Waals surface area contributed by atoms with Crippen molar-refractivity contribution in [3.8, 4) is 11.4 Å². The van der Waals surface area contributed by atoms with Crippen LogP contribution in [0.4, 0.5) is 5.82 Å². The molecule has 0 saturated heterocycles. The maximum absolute atomic E-state index is 6.26. The van der Waals surface area contributed by atoms with Gasteiger partial charge in [0.1, 0.15) is 5.82 Å². The molecule has 3 aromatic heterocycles. The number of halogens is 1. The van der Waals surface area contributed by atoms with E-state index >= 15 is 0 Å². The van der Waals surface area contributed by atoms with Gasteiger partial charge in [-0.1, -0.05) is 29.8 Å². The first-order valence-corrected chi connectivity index (χ1v) is 9.68. The number of aryl methyl sites for hydroxylation is 1. The molecule has 0 saturated carbocycles. The molecule has 144 valence electrons. The zero-order chi connectivity index (χ0) is 20.2. The van der Waals surface area contributed by atoms with Crippen LogP contribution in [0.15, 0.2) is 73.2 Å². The van der Waals surface area contributed by atoms with Crippen LogP contribution in [0, 0.1) is 13.8 Å². The van der Waals surface area contributed by atoms with Crippen LogP contribution in [0.1, 0.15) is 28.6 Å². The van der Waals surface area contributed by atoms with Crippen LogP contribution in [-0.4, -0.2) is 19.9 Å². The highest BCUT2D eigenvalue weighted by molar-refractivity contribution is 6.30. The highest BCUT2D eigenvalue weighted by atomic mass is 35.5. The second-order valence-electron chi connectivity index (χ2n) is 6.73. The predicted molar refractivity (Wildman–Crippen MR) is 116 cm³/mol. The van der Waals surface area contributed by atoms with Gasteiger partial charge in [-0.05, 0) is 55.8 Å². The molecule has 0 radical (unpaired) electrons. The number of pyridine rings is 2. The van der Waals surface area contributed by atoms with Crippen molar-refractivity contribution in [1.82, 2.24) is 19.9 Å². The van der Waals surface area contributed by atoms with Crippen molar-refractivity contribution in [3.05, 3.63) is 101 Å². The fourth-order valence-corrected chi connectivity index (χ4v) is 3.29. The van der Waals surface area contributed by atoms with Crippen molar-refractivity contribution < 1.29 is 0 Å². The number of nitrogens with one attached hydrogen (secondary N) is 1. The molecule has 29 heavy (non-hydrogen) atoms. The molecule has 1 aromatic carbocycles. The lowest BCUT2D eigenvalue weighted by atomic mass is 10.0. The van der Waals surface area contributed by atoms with Crippen LogP contribution in [-0.2, 0) is 0 Å². The molecule has 1 unspecified atom stereocenters. The van der Waals surface area contributed by atoms with Crippen molar-refractivity contribution in [2.24, 2.45) is 0 Å². The monoisotopic (exact) mass is 401 g/mol. The van der Waals surface area contributed by atoms with Crippen LogP contribution in [0.3, 0.4) is 0 Å². The lowest BCUT2D eigenvalue weighted by Gasteiger charge is -2.22. The smallest absolute Gasteiger partial charge is 0.163 e. The van der Waals surface area contributed by atoms with Crippen molar-refractivity contribution in [2.45, 2.75) is 19.9 Å². The molecule has 1 N–H and O–H groups in total. The van der Waals surface area contributed by atoms with E-state index in [0.29, 0.717) is 10.8 Å². The maximum Gasteiger partial charge on any atom is 0.163 e. The van der Waals surface area contributed by atoms with E-state index in [1.807, 2.05) is 68.4 Å². The molecule has 3 heterocycles. The van der Waals surface area contributed by atoms with Gasteiger partial charge in [0.15, 0.2) is 5.82 Å². The molecule has 0 spiro atoms. The number of hydrogen-bond donors (Lipinski definition) is 1. The van der Waals surface area contributed by atoms with Gasteiger partial charge in [-0.3, -0.25) is 9.97 Å². The summed E-state index contributed by atoms with van der Waals surface area (Å²) in [7, 11) is 0. The van der Waals surface area contributed by atoms with Crippen LogP contribution < -0.4 is 5.32 Å². The van der Waals surface area contributed by atoms with Gasteiger partial charge in [-0.2, -0.15) is 0 Å². The Balaban J connectivity index is 1.79. The molecule has 1 atom stereocenters. The quantitative estimate of drug-likeness (QED) is 0.484. The summed E-state index contributed by atoms with van der Waals surface area (Å²) in [6.45, 7) is 4.00. The Morgan fingerprint density at radius 3 is 2.55 bits per heavy atom. The van der Waals surface area contributed by atoms with Gasteiger partial charge in [-0.25, -0.2) is 9.97 Å². The van der Waals surface area contributed by atoms with Crippen LogP contribution in [0.2, 0.25) is 5.02 Å². The van der Waals surface area contributed by atoms with Gasteiger partial charge in [0.2, 0.25) is 0 Å². The zero-order valence-corrected chi connectivity index (χ0v) is 16.9. The molecule has 0 aliphatic heterocycles. The molecule has 0 amide bonds. The minimum atomic E-state index is -0.204. The minimum absolute atomic E-state index is 0.204. The standard InChI is InChI=1S/C23H20ClN5/c1-15-16(2)27-23(18-8-6-11-25-14-18)29-22(15)28-21(20-10-3-4-12-26-20)17-7-5-9-19(24)13-17/h3-14,21H,1-2H3,(H,27,28,29). The summed E-state index contributed by atoms with van der Waals surface area (Å²) in [5.41, 5.74) is 4.66. The molecule has 4 rings (SSSR count). The molecule has 0 fully saturated rings. The second-order valence-corrected chi connectivity index (χ2v) is 7.17. The third kappa shape index (κ3) is 4.25. The number of benzene rings is 1. The van der Waals surface area contributed by atoms with E-state index in [4.69, 9.17) is 16.6 Å². The first kappa shape index (κ1) is 19.0. The average molecular weight is 402 g/mol. The van der Waals surface area contributed by atoms with Gasteiger partial charge in [0.05, 0.1) is 11.7 Å². The highest BCUT2D eigenvalue weighted by Crippen LogP contribution is 2.29. The van der Waals surface area contributed by atoms with E-state index in [0.717, 1.165) is 33.9 Å². The summed E-state index contributed by atoms with van der Waals surface area (Å²) in [5.74, 6) is 1.39. The first-order valence-electron chi connectivity index (χ1n) is 9.30. The fraction of sp³-hybridized carbons (Fsp3) is 0.130. The van der Waals surface area contributed by atoms with Crippen molar-refractivity contribution >= 4 is 17.4 Å². The van der Waals surface area contributed by atoms with E-state index in [-0.39, 0.29) is 6.04 Å². The van der Waals surface area contributed by atoms with Crippen molar-refractivity contribution in [2.75, 3.05) is 5.32 Å².